The van der Waals surface area contributed by atoms with Gasteiger partial charge in [-0.05, 0) is 30.9 Å². The Bertz CT molecular complexity index is 735. The lowest BCUT2D eigenvalue weighted by Crippen LogP contribution is -2.24. The number of aliphatic carboxylic acids is 1. The van der Waals surface area contributed by atoms with Crippen molar-refractivity contribution in [3.8, 4) is 0 Å². The Morgan fingerprint density at radius 2 is 2.00 bits per heavy atom. The summed E-state index contributed by atoms with van der Waals surface area (Å²) in [6.45, 7) is 1.97. The standard InChI is InChI=1S/C16H17N3O4S/c1-3-23-15(22)12-9-17-16(24-2)19-14(12)18-11-6-4-10(5-7-11)8-13(20)21/h4-7,9H,3,8H2,1-2H3,(H,20,21)(H,17,18,19)/p-1. The minimum atomic E-state index is -1.14. The number of anilines is 2. The van der Waals surface area contributed by atoms with Gasteiger partial charge >= 0.3 is 5.97 Å². The van der Waals surface area contributed by atoms with Crippen LogP contribution in [0.15, 0.2) is 35.6 Å². The van der Waals surface area contributed by atoms with E-state index in [-0.39, 0.29) is 18.6 Å². The Hall–Kier alpha value is -2.61. The molecule has 2 rings (SSSR count). The topological polar surface area (TPSA) is 104 Å². The molecule has 0 unspecified atom stereocenters. The number of hydrogen-bond donors (Lipinski definition) is 1. The van der Waals surface area contributed by atoms with Crippen LogP contribution in [-0.4, -0.2) is 34.8 Å². The van der Waals surface area contributed by atoms with Gasteiger partial charge in [-0.15, -0.1) is 0 Å². The zero-order valence-electron chi connectivity index (χ0n) is 13.2. The van der Waals surface area contributed by atoms with Gasteiger partial charge in [0.1, 0.15) is 11.4 Å². The number of nitrogens with one attached hydrogen (secondary N) is 1. The summed E-state index contributed by atoms with van der Waals surface area (Å²) >= 11 is 1.35. The Balaban J connectivity index is 2.26. The van der Waals surface area contributed by atoms with E-state index in [2.05, 4.69) is 15.3 Å². The lowest BCUT2D eigenvalue weighted by Gasteiger charge is -2.11. The Morgan fingerprint density at radius 1 is 1.29 bits per heavy atom. The second-order valence-corrected chi connectivity index (χ2v) is 5.48. The highest BCUT2D eigenvalue weighted by molar-refractivity contribution is 7.98. The fourth-order valence-corrected chi connectivity index (χ4v) is 2.27. The summed E-state index contributed by atoms with van der Waals surface area (Å²) in [5.41, 5.74) is 1.51. The third kappa shape index (κ3) is 4.69. The maximum absolute atomic E-state index is 12.0. The summed E-state index contributed by atoms with van der Waals surface area (Å²) in [4.78, 5) is 31.0. The molecule has 0 aliphatic carbocycles. The number of benzene rings is 1. The van der Waals surface area contributed by atoms with Crippen LogP contribution in [0, 0.1) is 0 Å². The average Bonchev–Trinajstić information content (AvgIpc) is 2.56. The molecule has 1 heterocycles. The van der Waals surface area contributed by atoms with Gasteiger partial charge in [0, 0.05) is 24.3 Å². The third-order valence-electron chi connectivity index (χ3n) is 3.01. The predicted molar refractivity (Wildman–Crippen MR) is 88.2 cm³/mol. The molecular weight excluding hydrogens is 330 g/mol. The molecule has 0 saturated heterocycles. The van der Waals surface area contributed by atoms with E-state index in [1.165, 1.54) is 18.0 Å². The number of carboxylic acid groups (broad SMARTS) is 1. The van der Waals surface area contributed by atoms with E-state index in [9.17, 15) is 14.7 Å². The average molecular weight is 346 g/mol. The zero-order chi connectivity index (χ0) is 17.5. The number of nitrogens with zero attached hydrogens (tertiary/aromatic N) is 2. The van der Waals surface area contributed by atoms with Gasteiger partial charge in [-0.1, -0.05) is 23.9 Å². The predicted octanol–water partition coefficient (Wildman–Crippen LogP) is 1.41. The molecule has 2 aromatic rings. The van der Waals surface area contributed by atoms with Gasteiger partial charge in [0.05, 0.1) is 6.61 Å². The highest BCUT2D eigenvalue weighted by Crippen LogP contribution is 2.22. The molecule has 0 amide bonds. The first-order valence-corrected chi connectivity index (χ1v) is 8.40. The van der Waals surface area contributed by atoms with Crippen molar-refractivity contribution < 1.29 is 19.4 Å². The molecule has 24 heavy (non-hydrogen) atoms. The number of thioether (sulfide) groups is 1. The fraction of sp³-hybridized carbons (Fsp3) is 0.250. The van der Waals surface area contributed by atoms with Gasteiger partial charge in [-0.3, -0.25) is 0 Å². The first-order chi connectivity index (χ1) is 11.5. The first-order valence-electron chi connectivity index (χ1n) is 7.17. The van der Waals surface area contributed by atoms with Crippen molar-refractivity contribution in [3.63, 3.8) is 0 Å². The molecule has 0 aliphatic rings. The molecule has 0 saturated carbocycles. The molecule has 0 aliphatic heterocycles. The van der Waals surface area contributed by atoms with Gasteiger partial charge in [0.2, 0.25) is 0 Å². The van der Waals surface area contributed by atoms with Crippen LogP contribution >= 0.6 is 11.8 Å². The van der Waals surface area contributed by atoms with Crippen LogP contribution in [0.5, 0.6) is 0 Å². The minimum Gasteiger partial charge on any atom is -0.550 e. The summed E-state index contributed by atoms with van der Waals surface area (Å²) in [6.07, 6.45) is 3.10. The largest absolute Gasteiger partial charge is 0.550 e. The summed E-state index contributed by atoms with van der Waals surface area (Å²) in [7, 11) is 0. The summed E-state index contributed by atoms with van der Waals surface area (Å²) < 4.78 is 5.00. The van der Waals surface area contributed by atoms with Crippen molar-refractivity contribution in [2.24, 2.45) is 0 Å². The van der Waals surface area contributed by atoms with Crippen molar-refractivity contribution in [3.05, 3.63) is 41.6 Å². The second-order valence-electron chi connectivity index (χ2n) is 4.71. The molecular formula is C16H16N3O4S-. The van der Waals surface area contributed by atoms with Gasteiger partial charge in [-0.2, -0.15) is 0 Å². The van der Waals surface area contributed by atoms with Crippen molar-refractivity contribution in [2.75, 3.05) is 18.2 Å². The van der Waals surface area contributed by atoms with E-state index in [4.69, 9.17) is 4.74 Å². The lowest BCUT2D eigenvalue weighted by molar-refractivity contribution is -0.304. The van der Waals surface area contributed by atoms with E-state index >= 15 is 0 Å². The maximum Gasteiger partial charge on any atom is 0.343 e. The molecule has 1 aromatic carbocycles. The van der Waals surface area contributed by atoms with Gasteiger partial charge in [0.25, 0.3) is 0 Å². The van der Waals surface area contributed by atoms with E-state index in [0.29, 0.717) is 22.2 Å². The monoisotopic (exact) mass is 346 g/mol. The van der Waals surface area contributed by atoms with Crippen LogP contribution < -0.4 is 10.4 Å². The van der Waals surface area contributed by atoms with Crippen LogP contribution in [0.3, 0.4) is 0 Å². The summed E-state index contributed by atoms with van der Waals surface area (Å²) in [5.74, 6) is -1.32. The van der Waals surface area contributed by atoms with Crippen LogP contribution in [0.4, 0.5) is 11.5 Å². The van der Waals surface area contributed by atoms with E-state index in [0.717, 1.165) is 0 Å². The van der Waals surface area contributed by atoms with Gasteiger partial charge < -0.3 is 20.0 Å². The number of carboxylic acids is 1. The normalized spacial score (nSPS) is 10.2. The molecule has 7 nitrogen and oxygen atoms in total. The summed E-state index contributed by atoms with van der Waals surface area (Å²) in [6, 6.07) is 6.74. The first kappa shape index (κ1) is 17.7. The van der Waals surface area contributed by atoms with E-state index in [1.54, 1.807) is 31.2 Å². The number of carbonyl (C=O) groups excluding carboxylic acids is 2. The molecule has 1 N–H and O–H groups in total. The Kier molecular flexibility index (Phi) is 6.14. The minimum absolute atomic E-state index is 0.154. The van der Waals surface area contributed by atoms with Gasteiger partial charge in [-0.25, -0.2) is 14.8 Å². The number of rotatable bonds is 7. The highest BCUT2D eigenvalue weighted by atomic mass is 32.2. The third-order valence-corrected chi connectivity index (χ3v) is 3.57. The molecule has 126 valence electrons. The zero-order valence-corrected chi connectivity index (χ0v) is 14.1. The highest BCUT2D eigenvalue weighted by Gasteiger charge is 2.16. The number of aromatic nitrogens is 2. The molecule has 0 fully saturated rings. The van der Waals surface area contributed by atoms with Crippen molar-refractivity contribution in [1.82, 2.24) is 9.97 Å². The second kappa shape index (κ2) is 8.30. The molecule has 0 radical (unpaired) electrons. The fourth-order valence-electron chi connectivity index (χ4n) is 1.93. The number of hydrogen-bond acceptors (Lipinski definition) is 8. The van der Waals surface area contributed by atoms with Crippen LogP contribution in [0.1, 0.15) is 22.8 Å². The maximum atomic E-state index is 12.0. The lowest BCUT2D eigenvalue weighted by atomic mass is 10.1. The van der Waals surface area contributed by atoms with Crippen molar-refractivity contribution >= 4 is 35.2 Å². The van der Waals surface area contributed by atoms with Crippen LogP contribution in [-0.2, 0) is 16.0 Å². The van der Waals surface area contributed by atoms with E-state index in [1.807, 2.05) is 6.26 Å². The van der Waals surface area contributed by atoms with Crippen LogP contribution in [0.2, 0.25) is 0 Å². The van der Waals surface area contributed by atoms with E-state index < -0.39 is 11.9 Å². The number of ether oxygens (including phenoxy) is 1. The molecule has 8 heteroatoms. The van der Waals surface area contributed by atoms with Crippen LogP contribution in [0.25, 0.3) is 0 Å². The Morgan fingerprint density at radius 3 is 2.58 bits per heavy atom. The number of carbonyl (C=O) groups is 2. The molecule has 0 atom stereocenters. The van der Waals surface area contributed by atoms with Crippen molar-refractivity contribution in [2.45, 2.75) is 18.5 Å². The summed E-state index contributed by atoms with van der Waals surface area (Å²) in [5, 5.41) is 14.2. The molecule has 0 bridgehead atoms. The van der Waals surface area contributed by atoms with Gasteiger partial charge in [0.15, 0.2) is 5.16 Å². The molecule has 0 spiro atoms. The smallest absolute Gasteiger partial charge is 0.343 e. The molecule has 1 aromatic heterocycles. The quantitative estimate of drug-likeness (QED) is 0.456. The Labute approximate surface area is 143 Å². The number of esters is 1. The SMILES string of the molecule is CCOC(=O)c1cnc(SC)nc1Nc1ccc(CC(=O)[O-])cc1. The van der Waals surface area contributed by atoms with Crippen molar-refractivity contribution in [1.29, 1.82) is 0 Å².